The lowest BCUT2D eigenvalue weighted by Crippen LogP contribution is -2.54. The number of hydrogen-bond acceptors (Lipinski definition) is 27. The summed E-state index contributed by atoms with van der Waals surface area (Å²) in [6.45, 7) is 14.4. The largest absolute Gasteiger partial charge is 0.460 e. The number of likely N-dealkylation sites (N-methyl/N-ethyl adjacent to an activating group) is 1. The number of carbonyl (C=O) groups excluding carboxylic acids is 9. The molecule has 1 aliphatic carbocycles. The monoisotopic (exact) mass is 1710 g/mol. The molecule has 5 amide bonds. The number of cyclic esters (lactones) is 1. The fourth-order valence-electron chi connectivity index (χ4n) is 17.3. The minimum atomic E-state index is -1.10. The van der Waals surface area contributed by atoms with Crippen LogP contribution in [0.2, 0.25) is 0 Å². The Bertz CT molecular complexity index is 4840. The maximum atomic E-state index is 14.5. The van der Waals surface area contributed by atoms with Gasteiger partial charge in [-0.25, -0.2) is 34.2 Å². The van der Waals surface area contributed by atoms with Gasteiger partial charge in [-0.15, -0.1) is 0 Å². The van der Waals surface area contributed by atoms with E-state index >= 15 is 0 Å². The highest BCUT2D eigenvalue weighted by molar-refractivity contribution is 6.38. The van der Waals surface area contributed by atoms with Crippen molar-refractivity contribution in [1.82, 2.24) is 64.9 Å². The average molecular weight is 1710 g/mol. The highest BCUT2D eigenvalue weighted by Crippen LogP contribution is 2.36. The van der Waals surface area contributed by atoms with Crippen LogP contribution in [0.1, 0.15) is 166 Å². The number of fused-ring (bicyclic) bond motifs is 6. The maximum absolute atomic E-state index is 14.5. The summed E-state index contributed by atoms with van der Waals surface area (Å²) < 4.78 is 43.1. The van der Waals surface area contributed by atoms with E-state index in [1.165, 1.54) is 16.8 Å². The number of Topliss-reactive ketones (excluding diaryl/α,β-unsaturated/α-hetero) is 3. The summed E-state index contributed by atoms with van der Waals surface area (Å²) in [5, 5.41) is 22.5. The maximum Gasteiger partial charge on any atom is 0.407 e. The van der Waals surface area contributed by atoms with Crippen molar-refractivity contribution in [2.75, 3.05) is 116 Å². The van der Waals surface area contributed by atoms with Crippen LogP contribution in [0.3, 0.4) is 0 Å². The van der Waals surface area contributed by atoms with Gasteiger partial charge < -0.3 is 79.6 Å². The molecule has 0 radical (unpaired) electrons. The highest BCUT2D eigenvalue weighted by atomic mass is 16.6. The van der Waals surface area contributed by atoms with E-state index in [2.05, 4.69) is 47.7 Å². The first-order chi connectivity index (χ1) is 59.8. The molecule has 2 unspecified atom stereocenters. The summed E-state index contributed by atoms with van der Waals surface area (Å²) in [6, 6.07) is 10.8. The van der Waals surface area contributed by atoms with Gasteiger partial charge in [0.15, 0.2) is 11.2 Å². The van der Waals surface area contributed by atoms with E-state index in [9.17, 15) is 48.3 Å². The van der Waals surface area contributed by atoms with Crippen molar-refractivity contribution < 1.29 is 81.1 Å². The third kappa shape index (κ3) is 25.7. The van der Waals surface area contributed by atoms with Crippen LogP contribution < -0.4 is 27.0 Å². The van der Waals surface area contributed by atoms with Gasteiger partial charge in [-0.3, -0.25) is 38.5 Å². The van der Waals surface area contributed by atoms with Gasteiger partial charge in [0, 0.05) is 121 Å². The van der Waals surface area contributed by atoms with Crippen LogP contribution in [0.25, 0.3) is 33.4 Å². The van der Waals surface area contributed by atoms with Gasteiger partial charge in [-0.05, 0) is 169 Å². The second-order valence-corrected chi connectivity index (χ2v) is 34.0. The van der Waals surface area contributed by atoms with Gasteiger partial charge in [0.1, 0.15) is 59.3 Å². The average Bonchev–Trinajstić information content (AvgIpc) is 1.61. The molecule has 1 saturated carbocycles. The summed E-state index contributed by atoms with van der Waals surface area (Å²) >= 11 is 0. The molecule has 3 saturated heterocycles. The van der Waals surface area contributed by atoms with E-state index in [0.29, 0.717) is 186 Å². The number of piperazine rings is 1. The number of aliphatic hydroxyl groups excluding tert-OH is 1. The number of piperidine rings is 1. The van der Waals surface area contributed by atoms with Crippen molar-refractivity contribution >= 4 is 93.0 Å². The molecule has 6 aromatic rings. The number of oxazole rings is 1. The molecular formula is C91H122N16O17. The lowest BCUT2D eigenvalue weighted by Gasteiger charge is -2.36. The molecule has 124 heavy (non-hydrogen) atoms. The van der Waals surface area contributed by atoms with Crippen molar-refractivity contribution in [3.63, 3.8) is 0 Å². The molecule has 9 heterocycles. The quantitative estimate of drug-likeness (QED) is 0.0164. The van der Waals surface area contributed by atoms with Gasteiger partial charge in [0.05, 0.1) is 76.2 Å². The predicted molar refractivity (Wildman–Crippen MR) is 463 cm³/mol. The Morgan fingerprint density at radius 3 is 2.30 bits per heavy atom. The Morgan fingerprint density at radius 1 is 0.734 bits per heavy atom. The number of rotatable bonds is 24. The summed E-state index contributed by atoms with van der Waals surface area (Å²) in [5.41, 5.74) is 20.7. The fraction of sp³-hybridized carbons (Fsp3) is 0.571. The van der Waals surface area contributed by atoms with Crippen LogP contribution >= 0.6 is 0 Å². The zero-order valence-corrected chi connectivity index (χ0v) is 72.6. The van der Waals surface area contributed by atoms with Gasteiger partial charge in [-0.2, -0.15) is 10.1 Å². The fourth-order valence-corrected chi connectivity index (χ4v) is 17.3. The lowest BCUT2D eigenvalue weighted by molar-refractivity contribution is -0.167. The van der Waals surface area contributed by atoms with E-state index in [0.717, 1.165) is 22.3 Å². The summed E-state index contributed by atoms with van der Waals surface area (Å²) in [6.07, 6.45) is 20.2. The third-order valence-electron chi connectivity index (χ3n) is 24.5. The number of allylic oxidation sites excluding steroid dienone is 6. The number of carbonyl (C=O) groups is 9. The number of alkyl carbamates (subject to hydrolysis) is 1. The molecule has 668 valence electrons. The first-order valence-corrected chi connectivity index (χ1v) is 43.9. The zero-order chi connectivity index (χ0) is 87.9. The van der Waals surface area contributed by atoms with Crippen LogP contribution in [0.4, 0.5) is 22.6 Å². The number of nitrogen functional groups attached to an aromatic ring is 2. The van der Waals surface area contributed by atoms with Crippen molar-refractivity contribution in [2.45, 2.75) is 212 Å². The summed E-state index contributed by atoms with van der Waals surface area (Å²) in [7, 11) is 3.35. The van der Waals surface area contributed by atoms with E-state index in [1.807, 2.05) is 83.8 Å². The van der Waals surface area contributed by atoms with Crippen molar-refractivity contribution in [2.24, 2.45) is 23.7 Å². The number of aliphatic hydroxyl groups is 1. The number of ether oxygens (including phenoxy) is 6. The zero-order valence-electron chi connectivity index (χ0n) is 72.6. The molecule has 12 rings (SSSR count). The number of nitrogens with two attached hydrogens (primary N) is 2. The summed E-state index contributed by atoms with van der Waals surface area (Å²) in [5.74, 6) is -2.80. The van der Waals surface area contributed by atoms with E-state index in [-0.39, 0.29) is 156 Å². The number of benzene rings is 2. The molecule has 4 fully saturated rings. The number of anilines is 3. The normalized spacial score (nSPS) is 24.7. The van der Waals surface area contributed by atoms with Crippen LogP contribution in [0.5, 0.6) is 0 Å². The second-order valence-electron chi connectivity index (χ2n) is 34.0. The Labute approximate surface area is 723 Å². The minimum absolute atomic E-state index is 0.00625. The van der Waals surface area contributed by atoms with E-state index < -0.39 is 54.0 Å². The van der Waals surface area contributed by atoms with Crippen LogP contribution in [0.15, 0.2) is 107 Å². The Hall–Kier alpha value is -10.7. The first kappa shape index (κ1) is 92.5. The van der Waals surface area contributed by atoms with E-state index in [1.54, 1.807) is 62.3 Å². The molecule has 33 heteroatoms. The third-order valence-corrected chi connectivity index (χ3v) is 24.5. The molecular weight excluding hydrogens is 1590 g/mol. The van der Waals surface area contributed by atoms with Gasteiger partial charge in [0.25, 0.3) is 11.9 Å². The predicted octanol–water partition coefficient (Wildman–Crippen LogP) is 8.71. The first-order valence-electron chi connectivity index (χ1n) is 43.9. The number of nitrogens with one attached hydrogen (secondary N) is 2. The van der Waals surface area contributed by atoms with Crippen molar-refractivity contribution in [3.05, 3.63) is 125 Å². The standard InChI is InChI=1S/C91H122N16O17/c1-57-14-9-8-10-15-58(2)78(118-7)47-69-16-13-18-77(121-69)84(114)87(115)106-32-12-11-17-72(106)88(116)122-70(46-73(108)60(4)43-61(5)75(110)48-74(109)59(3)42-57)27-22-62-20-25-68(26-21-62)123-91(117)97-51-64-49-95-90(96-50-64)104-36-34-103(35-37-104)81(113)55-102(6)54-79(111)94-31-39-120-41-40-119-38-30-80(112)105-33-29-65-44-63(19-23-67(65)53-105)52-107-86-82(85(92)98-56-99-86)83(101-107)66-24-28-76-71(45-66)100-89(93)124-76/h8-10,14-15,19,23-24,28,43-45,49-50,56-57,59-60,62,68-70,72,75,77-78,110H,11-13,16-18,20-22,25-27,29-42,46-48,51-55H2,1-7H3,(H2,93,100)(H,94,111)(H,97,117)(H2,92,98,99)/b10-8?,14-9+,58-15?,61-43+/t57-,59-,60-,62?,68?,69?,70-,72+,75+,77?,78+/m1/s1. The molecule has 9 atom stereocenters. The van der Waals surface area contributed by atoms with Gasteiger partial charge >= 0.3 is 12.1 Å². The minimum Gasteiger partial charge on any atom is -0.460 e. The molecule has 7 N–H and O–H groups in total. The number of esters is 1. The smallest absolute Gasteiger partial charge is 0.407 e. The number of hydrogen-bond donors (Lipinski definition) is 5. The molecule has 33 nitrogen and oxygen atoms in total. The molecule has 4 aromatic heterocycles. The van der Waals surface area contributed by atoms with Crippen molar-refractivity contribution in [3.8, 4) is 11.3 Å². The highest BCUT2D eigenvalue weighted by Gasteiger charge is 2.42. The van der Waals surface area contributed by atoms with E-state index in [4.69, 9.17) is 49.4 Å². The number of methoxy groups -OCH3 is 1. The second kappa shape index (κ2) is 44.8. The molecule has 2 bridgehead atoms. The SMILES string of the molecule is CO[C@H]1CC2CCCC(O2)C(=O)C(=O)N2CCCC[C@H]2C(=O)O[C@H](CCC2CCC(OC(=O)NCc3cnc(N4CCN(C(=O)CN(C)CC(=O)NCCOCCOCCC(=O)N5CCc6cc(Cn7nc(-c8ccc9oc(N)nc9c8)c8c(N)ncnc87)ccc6C5)CC4)nc3)CC2)CC(=O)[C@H](C)/C=C(\C)[C@@H](O)CC(=O)[C@H](C)C[C@H](C)/C=C/C=CC=C1C. The van der Waals surface area contributed by atoms with Gasteiger partial charge in [-0.1, -0.05) is 75.4 Å². The number of aromatic nitrogens is 7. The number of amides is 5. The molecule has 5 aliphatic heterocycles. The Morgan fingerprint density at radius 2 is 1.52 bits per heavy atom. The van der Waals surface area contributed by atoms with Gasteiger partial charge in [0.2, 0.25) is 29.5 Å². The Kier molecular flexibility index (Phi) is 33.4. The van der Waals surface area contributed by atoms with Crippen LogP contribution in [-0.2, 0) is 92.8 Å². The van der Waals surface area contributed by atoms with Crippen LogP contribution in [0, 0.1) is 23.7 Å². The number of ketones is 3. The molecule has 6 aliphatic rings. The molecule has 2 aromatic carbocycles. The van der Waals surface area contributed by atoms with Crippen molar-refractivity contribution in [1.29, 1.82) is 0 Å². The van der Waals surface area contributed by atoms with Crippen LogP contribution in [-0.4, -0.2) is 255 Å². The Balaban J connectivity index is 0.516. The number of nitrogens with zero attached hydrogens (tertiary/aromatic N) is 12. The lowest BCUT2D eigenvalue weighted by atomic mass is 9.83. The topological polar surface area (TPSA) is 417 Å². The summed E-state index contributed by atoms with van der Waals surface area (Å²) in [4.78, 5) is 154. The molecule has 0 spiro atoms.